The molecule has 1 fully saturated rings. The van der Waals surface area contributed by atoms with Gasteiger partial charge in [-0.15, -0.1) is 11.3 Å². The summed E-state index contributed by atoms with van der Waals surface area (Å²) in [5, 5.41) is 15.5. The van der Waals surface area contributed by atoms with Gasteiger partial charge in [-0.3, -0.25) is 9.59 Å². The first kappa shape index (κ1) is 30.0. The molecular weight excluding hydrogens is 596 g/mol. The maximum absolute atomic E-state index is 13.7. The predicted molar refractivity (Wildman–Crippen MR) is 153 cm³/mol. The second kappa shape index (κ2) is 13.2. The Morgan fingerprint density at radius 1 is 1.27 bits per heavy atom. The van der Waals surface area contributed by atoms with Crippen LogP contribution in [-0.2, 0) is 35.0 Å². The van der Waals surface area contributed by atoms with Gasteiger partial charge in [0.2, 0.25) is 5.91 Å². The summed E-state index contributed by atoms with van der Waals surface area (Å²) in [6.45, 7) is -0.352. The summed E-state index contributed by atoms with van der Waals surface area (Å²) in [5.41, 5.74) is 1.06. The zero-order chi connectivity index (χ0) is 31.2. The van der Waals surface area contributed by atoms with Gasteiger partial charge in [0.1, 0.15) is 24.3 Å². The van der Waals surface area contributed by atoms with Crippen LogP contribution in [0.15, 0.2) is 77.5 Å². The Bertz CT molecular complexity index is 1620. The Labute approximate surface area is 254 Å². The first-order valence-electron chi connectivity index (χ1n) is 13.2. The van der Waals surface area contributed by atoms with E-state index in [-0.39, 0.29) is 35.4 Å². The summed E-state index contributed by atoms with van der Waals surface area (Å²) in [6.07, 6.45) is 9.69. The highest BCUT2D eigenvalue weighted by atomic mass is 32.1. The number of allylic oxidation sites excluding steroid dienone is 4. The van der Waals surface area contributed by atoms with Crippen molar-refractivity contribution in [3.63, 3.8) is 0 Å². The largest absolute Gasteiger partial charge is 0.482 e. The van der Waals surface area contributed by atoms with E-state index in [1.54, 1.807) is 24.3 Å². The molecule has 1 saturated heterocycles. The summed E-state index contributed by atoms with van der Waals surface area (Å²) in [6, 6.07) is 2.85. The van der Waals surface area contributed by atoms with Crippen molar-refractivity contribution in [2.75, 3.05) is 19.0 Å². The van der Waals surface area contributed by atoms with Gasteiger partial charge in [0, 0.05) is 11.8 Å². The topological polar surface area (TPSA) is 183 Å². The van der Waals surface area contributed by atoms with Gasteiger partial charge in [-0.25, -0.2) is 24.3 Å². The number of hydrogen-bond acceptors (Lipinski definition) is 11. The van der Waals surface area contributed by atoms with Crippen LogP contribution in [0.25, 0.3) is 0 Å². The fourth-order valence-electron chi connectivity index (χ4n) is 4.50. The Balaban J connectivity index is 1.39. The molecule has 1 aromatic carbocycles. The summed E-state index contributed by atoms with van der Waals surface area (Å²) in [7, 11) is 1.22. The third kappa shape index (κ3) is 6.78. The maximum Gasteiger partial charge on any atom is 0.355 e. The Morgan fingerprint density at radius 2 is 2.11 bits per heavy atom. The molecule has 2 aromatic rings. The van der Waals surface area contributed by atoms with E-state index in [9.17, 15) is 29.1 Å². The van der Waals surface area contributed by atoms with Crippen molar-refractivity contribution in [3.8, 4) is 5.75 Å². The number of carboxylic acid groups (broad SMARTS) is 1. The molecule has 228 valence electrons. The van der Waals surface area contributed by atoms with Gasteiger partial charge in [-0.05, 0) is 36.1 Å². The number of nitrogens with zero attached hydrogens (tertiary/aromatic N) is 2. The van der Waals surface area contributed by atoms with Crippen molar-refractivity contribution in [2.24, 2.45) is 0 Å². The van der Waals surface area contributed by atoms with E-state index in [4.69, 9.17) is 14.2 Å². The van der Waals surface area contributed by atoms with Crippen LogP contribution >= 0.6 is 11.3 Å². The lowest BCUT2D eigenvalue weighted by molar-refractivity contribution is -0.143. The lowest BCUT2D eigenvalue weighted by Gasteiger charge is -2.25. The second-order valence-electron chi connectivity index (χ2n) is 9.55. The number of rotatable bonds is 11. The number of amides is 4. The van der Waals surface area contributed by atoms with E-state index >= 15 is 0 Å². The maximum atomic E-state index is 13.7. The van der Waals surface area contributed by atoms with Gasteiger partial charge in [0.05, 0.1) is 7.11 Å². The van der Waals surface area contributed by atoms with Crippen molar-refractivity contribution >= 4 is 46.3 Å². The minimum atomic E-state index is -1.41. The average molecular weight is 623 g/mol. The molecular formula is C29H26N4O10S. The third-order valence-corrected chi connectivity index (χ3v) is 7.41. The molecule has 4 amide bonds. The number of hydrogen-bond donors (Lipinski definition) is 3. The van der Waals surface area contributed by atoms with Crippen molar-refractivity contribution in [2.45, 2.75) is 31.3 Å². The molecule has 3 aliphatic rings. The van der Waals surface area contributed by atoms with Gasteiger partial charge in [-0.2, -0.15) is 0 Å². The highest BCUT2D eigenvalue weighted by molar-refractivity contribution is 7.14. The fourth-order valence-corrected chi connectivity index (χ4v) is 5.19. The number of aromatic nitrogens is 1. The highest BCUT2D eigenvalue weighted by Gasteiger charge is 2.48. The van der Waals surface area contributed by atoms with Crippen LogP contribution in [0.1, 0.15) is 28.9 Å². The number of nitrogens with one attached hydrogen (secondary N) is 2. The molecule has 15 heteroatoms. The number of ether oxygens (including phenoxy) is 4. The van der Waals surface area contributed by atoms with Crippen LogP contribution in [0.4, 0.5) is 9.93 Å². The molecule has 0 saturated carbocycles. The third-order valence-electron chi connectivity index (χ3n) is 6.65. The molecule has 3 N–H and O–H groups in total. The Hall–Kier alpha value is -5.44. The van der Waals surface area contributed by atoms with Crippen molar-refractivity contribution in [1.82, 2.24) is 15.2 Å². The SMILES string of the molecule is COC(=O)COc1cccc(CC(C(=O)Nc2nc(C(=O)O)cs2)N2C(=O)NC(C3=COC=C(C4=CC=CCC4)O3)C2=O)c1. The van der Waals surface area contributed by atoms with E-state index < -0.39 is 41.9 Å². The molecule has 2 atom stereocenters. The first-order chi connectivity index (χ1) is 21.2. The van der Waals surface area contributed by atoms with Crippen molar-refractivity contribution in [3.05, 3.63) is 88.7 Å². The van der Waals surface area contributed by atoms with Gasteiger partial charge in [0.25, 0.3) is 5.91 Å². The monoisotopic (exact) mass is 622 g/mol. The van der Waals surface area contributed by atoms with E-state index in [0.717, 1.165) is 28.2 Å². The van der Waals surface area contributed by atoms with Gasteiger partial charge < -0.3 is 34.7 Å². The number of anilines is 1. The Morgan fingerprint density at radius 3 is 2.84 bits per heavy atom. The first-order valence-corrected chi connectivity index (χ1v) is 14.1. The van der Waals surface area contributed by atoms with Gasteiger partial charge in [-0.1, -0.05) is 30.4 Å². The van der Waals surface area contributed by atoms with Crippen LogP contribution in [-0.4, -0.2) is 70.6 Å². The molecule has 2 unspecified atom stereocenters. The molecule has 2 aliphatic heterocycles. The lowest BCUT2D eigenvalue weighted by atomic mass is 10.0. The second-order valence-corrected chi connectivity index (χ2v) is 10.4. The molecule has 0 radical (unpaired) electrons. The van der Waals surface area contributed by atoms with Crippen LogP contribution in [0.5, 0.6) is 5.75 Å². The number of esters is 1. The molecule has 1 aromatic heterocycles. The molecule has 14 nitrogen and oxygen atoms in total. The zero-order valence-corrected chi connectivity index (χ0v) is 24.0. The molecule has 44 heavy (non-hydrogen) atoms. The van der Waals surface area contributed by atoms with Gasteiger partial charge in [0.15, 0.2) is 35.0 Å². The number of imide groups is 1. The van der Waals surface area contributed by atoms with Crippen LogP contribution in [0, 0.1) is 0 Å². The molecule has 3 heterocycles. The van der Waals surface area contributed by atoms with E-state index in [1.807, 2.05) is 18.2 Å². The summed E-state index contributed by atoms with van der Waals surface area (Å²) < 4.78 is 21.4. The molecule has 1 aliphatic carbocycles. The molecule has 0 spiro atoms. The fraction of sp³-hybridized carbons (Fsp3) is 0.241. The number of carbonyl (C=O) groups is 5. The minimum Gasteiger partial charge on any atom is -0.482 e. The normalized spacial score (nSPS) is 18.2. The Kier molecular flexibility index (Phi) is 9.04. The van der Waals surface area contributed by atoms with E-state index in [2.05, 4.69) is 20.4 Å². The lowest BCUT2D eigenvalue weighted by Crippen LogP contribution is -2.49. The average Bonchev–Trinajstić information content (AvgIpc) is 3.63. The molecule has 5 rings (SSSR count). The molecule has 0 bridgehead atoms. The number of urea groups is 1. The van der Waals surface area contributed by atoms with Crippen LogP contribution in [0.2, 0.25) is 0 Å². The summed E-state index contributed by atoms with van der Waals surface area (Å²) in [5.74, 6) is -2.74. The highest BCUT2D eigenvalue weighted by Crippen LogP contribution is 2.30. The van der Waals surface area contributed by atoms with E-state index in [1.165, 1.54) is 25.0 Å². The van der Waals surface area contributed by atoms with E-state index in [0.29, 0.717) is 17.7 Å². The minimum absolute atomic E-state index is 0.0298. The predicted octanol–water partition coefficient (Wildman–Crippen LogP) is 2.87. The number of carbonyl (C=O) groups excluding carboxylic acids is 4. The smallest absolute Gasteiger partial charge is 0.355 e. The van der Waals surface area contributed by atoms with Crippen molar-refractivity contribution < 1.29 is 48.0 Å². The zero-order valence-electron chi connectivity index (χ0n) is 23.2. The number of thiazole rings is 1. The van der Waals surface area contributed by atoms with Crippen molar-refractivity contribution in [1.29, 1.82) is 0 Å². The van der Waals surface area contributed by atoms with Crippen LogP contribution < -0.4 is 15.4 Å². The number of benzene rings is 1. The number of methoxy groups -OCH3 is 1. The number of aromatic carboxylic acids is 1. The standard InChI is InChI=1S/C29H26N4O10S/c1-40-23(34)14-42-18-9-5-6-16(10-18)11-20(25(35)32-28-30-19(15-44-28)27(37)38)33-26(36)24(31-29(33)39)22-13-41-12-21(43-22)17-7-3-2-4-8-17/h2-3,5-7,9-10,12-13,15,20,24H,4,8,11,14H2,1H3,(H,31,39)(H,37,38)(H,30,32,35). The number of carboxylic acids is 1. The quantitative estimate of drug-likeness (QED) is 0.247. The van der Waals surface area contributed by atoms with Gasteiger partial charge >= 0.3 is 18.0 Å². The van der Waals surface area contributed by atoms with Crippen LogP contribution in [0.3, 0.4) is 0 Å². The summed E-state index contributed by atoms with van der Waals surface area (Å²) in [4.78, 5) is 68.0. The summed E-state index contributed by atoms with van der Waals surface area (Å²) >= 11 is 0.871.